The molecular formula is C14H20ClN3O2. The number of pyridine rings is 1. The molecule has 6 heteroatoms. The Morgan fingerprint density at radius 1 is 1.50 bits per heavy atom. The van der Waals surface area contributed by atoms with Crippen molar-refractivity contribution in [2.75, 3.05) is 31.6 Å². The zero-order chi connectivity index (χ0) is 14.7. The molecule has 0 spiro atoms. The molecule has 0 saturated carbocycles. The van der Waals surface area contributed by atoms with Gasteiger partial charge in [-0.3, -0.25) is 0 Å². The molecule has 5 nitrogen and oxygen atoms in total. The van der Waals surface area contributed by atoms with Gasteiger partial charge in [0.2, 0.25) is 0 Å². The van der Waals surface area contributed by atoms with E-state index in [1.165, 1.54) is 12.1 Å². The molecule has 110 valence electrons. The molecule has 0 unspecified atom stereocenters. The van der Waals surface area contributed by atoms with E-state index >= 15 is 0 Å². The summed E-state index contributed by atoms with van der Waals surface area (Å²) in [6.45, 7) is 5.29. The van der Waals surface area contributed by atoms with Crippen LogP contribution in [-0.2, 0) is 0 Å². The Kier molecular flexibility index (Phi) is 4.83. The first-order valence-electron chi connectivity index (χ1n) is 6.88. The fourth-order valence-electron chi connectivity index (χ4n) is 2.66. The number of anilines is 1. The van der Waals surface area contributed by atoms with E-state index in [1.54, 1.807) is 0 Å². The van der Waals surface area contributed by atoms with Crippen LogP contribution in [0.1, 0.15) is 30.1 Å². The van der Waals surface area contributed by atoms with Crippen molar-refractivity contribution in [2.45, 2.75) is 25.8 Å². The van der Waals surface area contributed by atoms with Gasteiger partial charge in [0.1, 0.15) is 16.5 Å². The Hall–Kier alpha value is -1.33. The van der Waals surface area contributed by atoms with Crippen LogP contribution in [0.4, 0.5) is 5.82 Å². The van der Waals surface area contributed by atoms with Crippen molar-refractivity contribution in [3.63, 3.8) is 0 Å². The zero-order valence-corrected chi connectivity index (χ0v) is 12.6. The number of carbonyl (C=O) groups is 1. The number of piperidine rings is 1. The van der Waals surface area contributed by atoms with Crippen molar-refractivity contribution in [1.29, 1.82) is 0 Å². The quantitative estimate of drug-likeness (QED) is 0.865. The first-order chi connectivity index (χ1) is 9.52. The van der Waals surface area contributed by atoms with E-state index in [1.807, 2.05) is 11.9 Å². The normalized spacial score (nSPS) is 17.1. The third kappa shape index (κ3) is 3.22. The molecule has 0 aliphatic carbocycles. The Balaban J connectivity index is 2.18. The number of hydrogen-bond acceptors (Lipinski definition) is 4. The number of aromatic carboxylic acids is 1. The molecule has 1 aliphatic heterocycles. The average Bonchev–Trinajstić information content (AvgIpc) is 2.46. The van der Waals surface area contributed by atoms with Gasteiger partial charge in [-0.2, -0.15) is 0 Å². The fourth-order valence-corrected chi connectivity index (χ4v) is 2.80. The molecule has 0 amide bonds. The maximum atomic E-state index is 11.3. The molecular weight excluding hydrogens is 278 g/mol. The van der Waals surface area contributed by atoms with Crippen LogP contribution in [0.2, 0.25) is 5.15 Å². The summed E-state index contributed by atoms with van der Waals surface area (Å²) in [5, 5.41) is 9.59. The van der Waals surface area contributed by atoms with Gasteiger partial charge in [-0.05, 0) is 31.5 Å². The molecule has 20 heavy (non-hydrogen) atoms. The second-order valence-electron chi connectivity index (χ2n) is 5.09. The highest BCUT2D eigenvalue weighted by atomic mass is 35.5. The van der Waals surface area contributed by atoms with Crippen LogP contribution in [-0.4, -0.2) is 53.7 Å². The maximum Gasteiger partial charge on any atom is 0.339 e. The predicted octanol–water partition coefficient (Wildman–Crippen LogP) is 2.35. The average molecular weight is 298 g/mol. The Morgan fingerprint density at radius 3 is 2.70 bits per heavy atom. The number of nitrogens with zero attached hydrogens (tertiary/aromatic N) is 3. The topological polar surface area (TPSA) is 56.7 Å². The van der Waals surface area contributed by atoms with Gasteiger partial charge in [0, 0.05) is 26.2 Å². The zero-order valence-electron chi connectivity index (χ0n) is 11.8. The van der Waals surface area contributed by atoms with E-state index in [9.17, 15) is 9.90 Å². The van der Waals surface area contributed by atoms with Crippen LogP contribution in [0, 0.1) is 0 Å². The number of carboxylic acids is 1. The van der Waals surface area contributed by atoms with E-state index in [0.717, 1.165) is 32.5 Å². The number of aromatic nitrogens is 1. The minimum Gasteiger partial charge on any atom is -0.478 e. The second-order valence-corrected chi connectivity index (χ2v) is 5.47. The molecule has 1 fully saturated rings. The number of halogens is 1. The van der Waals surface area contributed by atoms with Crippen LogP contribution in [0.15, 0.2) is 12.1 Å². The molecule has 1 aromatic heterocycles. The van der Waals surface area contributed by atoms with E-state index in [2.05, 4.69) is 16.8 Å². The Labute approximate surface area is 124 Å². The minimum absolute atomic E-state index is 0.204. The summed E-state index contributed by atoms with van der Waals surface area (Å²) in [6.07, 6.45) is 2.02. The molecule has 1 aliphatic rings. The van der Waals surface area contributed by atoms with Gasteiger partial charge in [0.15, 0.2) is 0 Å². The van der Waals surface area contributed by atoms with E-state index < -0.39 is 5.97 Å². The number of likely N-dealkylation sites (tertiary alicyclic amines) is 1. The molecule has 1 aromatic rings. The first-order valence-corrected chi connectivity index (χ1v) is 7.25. The molecule has 0 atom stereocenters. The predicted molar refractivity (Wildman–Crippen MR) is 79.7 cm³/mol. The monoisotopic (exact) mass is 297 g/mol. The first kappa shape index (κ1) is 15.1. The van der Waals surface area contributed by atoms with Crippen molar-refractivity contribution in [1.82, 2.24) is 9.88 Å². The van der Waals surface area contributed by atoms with Gasteiger partial charge >= 0.3 is 5.97 Å². The number of rotatable bonds is 4. The van der Waals surface area contributed by atoms with Gasteiger partial charge in [-0.1, -0.05) is 18.5 Å². The summed E-state index contributed by atoms with van der Waals surface area (Å²) in [5.41, 5.74) is 0.204. The minimum atomic E-state index is -0.970. The van der Waals surface area contributed by atoms with Crippen molar-refractivity contribution in [2.24, 2.45) is 0 Å². The third-order valence-corrected chi connectivity index (χ3v) is 4.17. The summed E-state index contributed by atoms with van der Waals surface area (Å²) >= 11 is 5.91. The van der Waals surface area contributed by atoms with E-state index in [0.29, 0.717) is 17.0 Å². The van der Waals surface area contributed by atoms with Crippen molar-refractivity contribution < 1.29 is 9.90 Å². The van der Waals surface area contributed by atoms with Crippen molar-refractivity contribution in [3.8, 4) is 0 Å². The summed E-state index contributed by atoms with van der Waals surface area (Å²) in [4.78, 5) is 19.9. The molecule has 1 saturated heterocycles. The Morgan fingerprint density at radius 2 is 2.15 bits per heavy atom. The lowest BCUT2D eigenvalue weighted by molar-refractivity contribution is 0.0697. The molecule has 0 bridgehead atoms. The van der Waals surface area contributed by atoms with Crippen molar-refractivity contribution in [3.05, 3.63) is 22.8 Å². The van der Waals surface area contributed by atoms with Crippen LogP contribution in [0.5, 0.6) is 0 Å². The Bertz CT molecular complexity index is 487. The summed E-state index contributed by atoms with van der Waals surface area (Å²) in [5.74, 6) is -0.512. The van der Waals surface area contributed by atoms with Crippen molar-refractivity contribution >= 4 is 23.4 Å². The van der Waals surface area contributed by atoms with Gasteiger partial charge < -0.3 is 14.9 Å². The maximum absolute atomic E-state index is 11.3. The molecule has 1 N–H and O–H groups in total. The van der Waals surface area contributed by atoms with Crippen LogP contribution in [0.25, 0.3) is 0 Å². The van der Waals surface area contributed by atoms with E-state index in [4.69, 9.17) is 11.6 Å². The lowest BCUT2D eigenvalue weighted by atomic mass is 10.0. The molecule has 2 heterocycles. The van der Waals surface area contributed by atoms with Gasteiger partial charge in [-0.25, -0.2) is 9.78 Å². The summed E-state index contributed by atoms with van der Waals surface area (Å²) in [6, 6.07) is 3.34. The molecule has 0 aromatic carbocycles. The highest BCUT2D eigenvalue weighted by Gasteiger charge is 2.25. The van der Waals surface area contributed by atoms with Gasteiger partial charge in [0.05, 0.1) is 0 Å². The molecule has 2 rings (SSSR count). The fraction of sp³-hybridized carbons (Fsp3) is 0.571. The van der Waals surface area contributed by atoms with Crippen LogP contribution in [0.3, 0.4) is 0 Å². The smallest absolute Gasteiger partial charge is 0.339 e. The van der Waals surface area contributed by atoms with Crippen LogP contribution >= 0.6 is 11.6 Å². The highest BCUT2D eigenvalue weighted by molar-refractivity contribution is 6.29. The lowest BCUT2D eigenvalue weighted by Crippen LogP contribution is -2.44. The van der Waals surface area contributed by atoms with Crippen LogP contribution < -0.4 is 4.90 Å². The SMILES string of the molecule is CCN1CCC(N(C)c2nc(Cl)ccc2C(=O)O)CC1. The summed E-state index contributed by atoms with van der Waals surface area (Å²) in [7, 11) is 1.90. The molecule has 0 radical (unpaired) electrons. The number of hydrogen-bond donors (Lipinski definition) is 1. The highest BCUT2D eigenvalue weighted by Crippen LogP contribution is 2.25. The van der Waals surface area contributed by atoms with Gasteiger partial charge in [0.25, 0.3) is 0 Å². The number of carboxylic acid groups (broad SMARTS) is 1. The lowest BCUT2D eigenvalue weighted by Gasteiger charge is -2.37. The standard InChI is InChI=1S/C14H20ClN3O2/c1-3-18-8-6-10(7-9-18)17(2)13-11(14(19)20)4-5-12(15)16-13/h4-5,10H,3,6-9H2,1-2H3,(H,19,20). The third-order valence-electron chi connectivity index (χ3n) is 3.96. The largest absolute Gasteiger partial charge is 0.478 e. The second kappa shape index (κ2) is 6.41. The summed E-state index contributed by atoms with van der Waals surface area (Å²) < 4.78 is 0. The van der Waals surface area contributed by atoms with Gasteiger partial charge in [-0.15, -0.1) is 0 Å². The van der Waals surface area contributed by atoms with E-state index in [-0.39, 0.29) is 5.56 Å².